The minimum atomic E-state index is 0.418. The Morgan fingerprint density at radius 3 is 1.90 bits per heavy atom. The molecule has 2 aromatic carbocycles. The monoisotopic (exact) mass is 288 g/mol. The van der Waals surface area contributed by atoms with Crippen LogP contribution >= 0.6 is 0 Å². The van der Waals surface area contributed by atoms with Gasteiger partial charge in [0, 0.05) is 12.2 Å². The number of hydrogen-bond acceptors (Lipinski definition) is 5. The molecule has 0 spiro atoms. The van der Waals surface area contributed by atoms with Crippen molar-refractivity contribution in [1.29, 1.82) is 0 Å². The van der Waals surface area contributed by atoms with Crippen molar-refractivity contribution in [2.75, 3.05) is 27.1 Å². The van der Waals surface area contributed by atoms with Crippen LogP contribution in [0, 0.1) is 0 Å². The van der Waals surface area contributed by atoms with Gasteiger partial charge >= 0.3 is 0 Å². The summed E-state index contributed by atoms with van der Waals surface area (Å²) >= 11 is 0. The molecule has 112 valence electrons. The summed E-state index contributed by atoms with van der Waals surface area (Å²) in [6.07, 6.45) is 0. The standard InChI is InChI=1S/C16H20N2O3/c1-19-14-7-12(8-15(20-2)16(14)21-3)10-4-5-11(9-17)13(18)6-10/h4-8H,9,17-18H2,1-3H3. The molecule has 0 unspecified atom stereocenters. The van der Waals surface area contributed by atoms with E-state index < -0.39 is 0 Å². The first-order valence-electron chi connectivity index (χ1n) is 6.53. The van der Waals surface area contributed by atoms with Gasteiger partial charge in [-0.05, 0) is 34.9 Å². The third kappa shape index (κ3) is 2.87. The fourth-order valence-corrected chi connectivity index (χ4v) is 2.21. The van der Waals surface area contributed by atoms with E-state index >= 15 is 0 Å². The third-order valence-corrected chi connectivity index (χ3v) is 3.36. The summed E-state index contributed by atoms with van der Waals surface area (Å²) in [5, 5.41) is 0. The largest absolute Gasteiger partial charge is 0.493 e. The van der Waals surface area contributed by atoms with E-state index in [1.807, 2.05) is 30.3 Å². The maximum absolute atomic E-state index is 6.00. The molecule has 0 heterocycles. The van der Waals surface area contributed by atoms with E-state index in [-0.39, 0.29) is 0 Å². The van der Waals surface area contributed by atoms with Crippen LogP contribution in [0.5, 0.6) is 17.2 Å². The molecule has 0 saturated heterocycles. The predicted molar refractivity (Wildman–Crippen MR) is 83.8 cm³/mol. The molecule has 5 heteroatoms. The van der Waals surface area contributed by atoms with Gasteiger partial charge in [-0.2, -0.15) is 0 Å². The van der Waals surface area contributed by atoms with Crippen LogP contribution in [0.4, 0.5) is 5.69 Å². The second-order valence-corrected chi connectivity index (χ2v) is 4.53. The van der Waals surface area contributed by atoms with Crippen LogP contribution in [0.1, 0.15) is 5.56 Å². The van der Waals surface area contributed by atoms with Gasteiger partial charge in [0.05, 0.1) is 21.3 Å². The van der Waals surface area contributed by atoms with Crippen molar-refractivity contribution < 1.29 is 14.2 Å². The first kappa shape index (κ1) is 15.0. The summed E-state index contributed by atoms with van der Waals surface area (Å²) in [6.45, 7) is 0.418. The molecule has 0 saturated carbocycles. The summed E-state index contributed by atoms with van der Waals surface area (Å²) in [5.41, 5.74) is 15.1. The van der Waals surface area contributed by atoms with E-state index in [0.717, 1.165) is 16.7 Å². The van der Waals surface area contributed by atoms with E-state index in [0.29, 0.717) is 29.5 Å². The molecule has 0 atom stereocenters. The maximum Gasteiger partial charge on any atom is 0.203 e. The minimum Gasteiger partial charge on any atom is -0.493 e. The Balaban J connectivity index is 2.56. The predicted octanol–water partition coefficient (Wildman–Crippen LogP) is 2.42. The van der Waals surface area contributed by atoms with Crippen LogP contribution in [-0.2, 0) is 6.54 Å². The van der Waals surface area contributed by atoms with Crippen LogP contribution in [0.15, 0.2) is 30.3 Å². The lowest BCUT2D eigenvalue weighted by Gasteiger charge is -2.15. The van der Waals surface area contributed by atoms with Gasteiger partial charge < -0.3 is 25.7 Å². The third-order valence-electron chi connectivity index (χ3n) is 3.36. The zero-order chi connectivity index (χ0) is 15.4. The zero-order valence-electron chi connectivity index (χ0n) is 12.5. The fraction of sp³-hybridized carbons (Fsp3) is 0.250. The summed E-state index contributed by atoms with van der Waals surface area (Å²) in [6, 6.07) is 9.56. The zero-order valence-corrected chi connectivity index (χ0v) is 12.5. The molecule has 0 aliphatic carbocycles. The SMILES string of the molecule is COc1cc(-c2ccc(CN)c(N)c2)cc(OC)c1OC. The molecule has 0 fully saturated rings. The molecule has 0 bridgehead atoms. The van der Waals surface area contributed by atoms with Gasteiger partial charge in [-0.25, -0.2) is 0 Å². The molecule has 0 radical (unpaired) electrons. The number of nitrogens with two attached hydrogens (primary N) is 2. The van der Waals surface area contributed by atoms with Crippen molar-refractivity contribution in [1.82, 2.24) is 0 Å². The van der Waals surface area contributed by atoms with E-state index in [9.17, 15) is 0 Å². The van der Waals surface area contributed by atoms with Crippen molar-refractivity contribution in [2.45, 2.75) is 6.54 Å². The molecule has 0 aliphatic heterocycles. The molecular weight excluding hydrogens is 268 g/mol. The van der Waals surface area contributed by atoms with Crippen molar-refractivity contribution in [3.05, 3.63) is 35.9 Å². The molecule has 4 N–H and O–H groups in total. The lowest BCUT2D eigenvalue weighted by molar-refractivity contribution is 0.324. The van der Waals surface area contributed by atoms with Crippen LogP contribution in [-0.4, -0.2) is 21.3 Å². The number of anilines is 1. The summed E-state index contributed by atoms with van der Waals surface area (Å²) < 4.78 is 16.0. The minimum absolute atomic E-state index is 0.418. The number of hydrogen-bond donors (Lipinski definition) is 2. The van der Waals surface area contributed by atoms with Crippen molar-refractivity contribution >= 4 is 5.69 Å². The van der Waals surface area contributed by atoms with E-state index in [1.165, 1.54) is 0 Å². The van der Waals surface area contributed by atoms with Gasteiger partial charge in [-0.1, -0.05) is 12.1 Å². The average molecular weight is 288 g/mol. The average Bonchev–Trinajstić information content (AvgIpc) is 2.53. The van der Waals surface area contributed by atoms with E-state index in [4.69, 9.17) is 25.7 Å². The Labute approximate surface area is 124 Å². The molecule has 21 heavy (non-hydrogen) atoms. The fourth-order valence-electron chi connectivity index (χ4n) is 2.21. The molecule has 2 aromatic rings. The molecule has 2 rings (SSSR count). The lowest BCUT2D eigenvalue weighted by atomic mass is 10.0. The molecular formula is C16H20N2O3. The number of rotatable bonds is 5. The highest BCUT2D eigenvalue weighted by Gasteiger charge is 2.14. The molecule has 5 nitrogen and oxygen atoms in total. The maximum atomic E-state index is 6.00. The summed E-state index contributed by atoms with van der Waals surface area (Å²) in [5.74, 6) is 1.77. The molecule has 0 aromatic heterocycles. The Bertz CT molecular complexity index is 616. The van der Waals surface area contributed by atoms with Gasteiger partial charge in [0.2, 0.25) is 5.75 Å². The van der Waals surface area contributed by atoms with Crippen LogP contribution in [0.25, 0.3) is 11.1 Å². The van der Waals surface area contributed by atoms with Crippen LogP contribution in [0.2, 0.25) is 0 Å². The molecule has 0 aliphatic rings. The quantitative estimate of drug-likeness (QED) is 0.826. The second kappa shape index (κ2) is 6.37. The first-order valence-corrected chi connectivity index (χ1v) is 6.53. The molecule has 0 amide bonds. The van der Waals surface area contributed by atoms with Crippen molar-refractivity contribution in [3.63, 3.8) is 0 Å². The Hall–Kier alpha value is -2.40. The van der Waals surface area contributed by atoms with Crippen molar-refractivity contribution in [2.24, 2.45) is 5.73 Å². The van der Waals surface area contributed by atoms with Gasteiger partial charge in [0.15, 0.2) is 11.5 Å². The van der Waals surface area contributed by atoms with Crippen LogP contribution in [0.3, 0.4) is 0 Å². The Morgan fingerprint density at radius 1 is 0.857 bits per heavy atom. The van der Waals surface area contributed by atoms with Gasteiger partial charge in [0.1, 0.15) is 0 Å². The number of ether oxygens (including phenoxy) is 3. The van der Waals surface area contributed by atoms with Gasteiger partial charge in [-0.3, -0.25) is 0 Å². The Kier molecular flexibility index (Phi) is 4.55. The van der Waals surface area contributed by atoms with E-state index in [1.54, 1.807) is 21.3 Å². The highest BCUT2D eigenvalue weighted by atomic mass is 16.5. The highest BCUT2D eigenvalue weighted by molar-refractivity contribution is 5.74. The Morgan fingerprint density at radius 2 is 1.48 bits per heavy atom. The van der Waals surface area contributed by atoms with Gasteiger partial charge in [-0.15, -0.1) is 0 Å². The van der Waals surface area contributed by atoms with Crippen molar-refractivity contribution in [3.8, 4) is 28.4 Å². The number of benzene rings is 2. The lowest BCUT2D eigenvalue weighted by Crippen LogP contribution is -2.01. The van der Waals surface area contributed by atoms with E-state index in [2.05, 4.69) is 0 Å². The highest BCUT2D eigenvalue weighted by Crippen LogP contribution is 2.41. The number of nitrogen functional groups attached to an aromatic ring is 1. The summed E-state index contributed by atoms with van der Waals surface area (Å²) in [4.78, 5) is 0. The normalized spacial score (nSPS) is 10.3. The second-order valence-electron chi connectivity index (χ2n) is 4.53. The first-order chi connectivity index (χ1) is 10.1. The van der Waals surface area contributed by atoms with Gasteiger partial charge in [0.25, 0.3) is 0 Å². The summed E-state index contributed by atoms with van der Waals surface area (Å²) in [7, 11) is 4.76. The van der Waals surface area contributed by atoms with Crippen LogP contribution < -0.4 is 25.7 Å². The topological polar surface area (TPSA) is 79.7 Å². The number of methoxy groups -OCH3 is 3. The smallest absolute Gasteiger partial charge is 0.203 e.